The second-order valence-electron chi connectivity index (χ2n) is 5.57. The van der Waals surface area contributed by atoms with Crippen molar-refractivity contribution in [1.82, 2.24) is 0 Å². The van der Waals surface area contributed by atoms with Crippen LogP contribution in [0.4, 0.5) is 0 Å². The molecule has 0 saturated heterocycles. The van der Waals surface area contributed by atoms with Gasteiger partial charge in [0.25, 0.3) is 0 Å². The average molecular weight is 483 g/mol. The van der Waals surface area contributed by atoms with Crippen LogP contribution in [0.3, 0.4) is 0 Å². The minimum Gasteiger partial charge on any atom is -0.493 e. The molecule has 0 spiro atoms. The van der Waals surface area contributed by atoms with Crippen LogP contribution < -0.4 is 14.2 Å². The van der Waals surface area contributed by atoms with Gasteiger partial charge in [0.05, 0.1) is 40.9 Å². The molecule has 138 valence electrons. The summed E-state index contributed by atoms with van der Waals surface area (Å²) in [5.41, 5.74) is 0.599. The zero-order valence-corrected chi connectivity index (χ0v) is 18.1. The smallest absolute Gasteiger partial charge is 0.174 e. The lowest BCUT2D eigenvalue weighted by Gasteiger charge is -2.14. The minimum absolute atomic E-state index is 0.599. The van der Waals surface area contributed by atoms with Gasteiger partial charge < -0.3 is 14.2 Å². The quantitative estimate of drug-likeness (QED) is 0.328. The topological polar surface area (TPSA) is 51.5 Å². The van der Waals surface area contributed by atoms with Crippen molar-refractivity contribution in [2.45, 2.75) is 36.0 Å². The molecule has 0 aliphatic rings. The summed E-state index contributed by atoms with van der Waals surface area (Å²) in [5.74, 6) is 2.17. The van der Waals surface area contributed by atoms with Crippen LogP contribution in [0.2, 0.25) is 0 Å². The van der Waals surface area contributed by atoms with Crippen LogP contribution in [0.1, 0.15) is 31.7 Å². The number of rotatable bonds is 9. The van der Waals surface area contributed by atoms with Gasteiger partial charge >= 0.3 is 0 Å². The lowest BCUT2D eigenvalue weighted by Crippen LogP contribution is -1.99. The molecule has 0 heterocycles. The van der Waals surface area contributed by atoms with Crippen molar-refractivity contribution in [3.8, 4) is 23.3 Å². The van der Waals surface area contributed by atoms with Gasteiger partial charge in [0.15, 0.2) is 11.5 Å². The molecule has 2 aromatic carbocycles. The third-order valence-electron chi connectivity index (χ3n) is 3.71. The van der Waals surface area contributed by atoms with Crippen LogP contribution >= 0.6 is 34.4 Å². The molecule has 0 radical (unpaired) electrons. The van der Waals surface area contributed by atoms with Crippen LogP contribution in [0.25, 0.3) is 0 Å². The molecule has 4 nitrogen and oxygen atoms in total. The van der Waals surface area contributed by atoms with Crippen LogP contribution in [-0.2, 0) is 0 Å². The highest BCUT2D eigenvalue weighted by Gasteiger charge is 2.13. The summed E-state index contributed by atoms with van der Waals surface area (Å²) in [6, 6.07) is 11.7. The van der Waals surface area contributed by atoms with E-state index in [0.717, 1.165) is 44.1 Å². The van der Waals surface area contributed by atoms with Gasteiger partial charge in [-0.05, 0) is 59.3 Å². The summed E-state index contributed by atoms with van der Waals surface area (Å²) in [5, 5.41) is 9.17. The summed E-state index contributed by atoms with van der Waals surface area (Å²) in [4.78, 5) is 2.00. The molecule has 0 aromatic heterocycles. The number of nitrogens with zero attached hydrogens (tertiary/aromatic N) is 1. The zero-order valence-electron chi connectivity index (χ0n) is 15.2. The molecule has 2 aromatic rings. The number of unbranched alkanes of at least 4 members (excludes halogenated alkanes) is 2. The Morgan fingerprint density at radius 2 is 1.88 bits per heavy atom. The van der Waals surface area contributed by atoms with Gasteiger partial charge in [0, 0.05) is 4.90 Å². The third-order valence-corrected chi connectivity index (χ3v) is 5.54. The summed E-state index contributed by atoms with van der Waals surface area (Å²) >= 11 is 3.82. The van der Waals surface area contributed by atoms with Crippen LogP contribution in [0.15, 0.2) is 40.1 Å². The zero-order chi connectivity index (χ0) is 18.9. The molecular formula is C20H22INO3S. The monoisotopic (exact) mass is 483 g/mol. The van der Waals surface area contributed by atoms with Crippen molar-refractivity contribution in [2.75, 3.05) is 20.8 Å². The molecule has 0 unspecified atom stereocenters. The summed E-state index contributed by atoms with van der Waals surface area (Å²) in [6.07, 6.45) is 3.28. The van der Waals surface area contributed by atoms with Crippen molar-refractivity contribution >= 4 is 34.4 Å². The Labute approximate surface area is 173 Å². The predicted molar refractivity (Wildman–Crippen MR) is 113 cm³/mol. The number of nitriles is 1. The van der Waals surface area contributed by atoms with Gasteiger partial charge in [-0.1, -0.05) is 31.5 Å². The van der Waals surface area contributed by atoms with Gasteiger partial charge in [0.1, 0.15) is 5.75 Å². The Morgan fingerprint density at radius 1 is 1.08 bits per heavy atom. The Bertz CT molecular complexity index is 789. The maximum absolute atomic E-state index is 9.17. The molecule has 0 amide bonds. The highest BCUT2D eigenvalue weighted by molar-refractivity contribution is 14.1. The minimum atomic E-state index is 0.599. The fraction of sp³-hybridized carbons (Fsp3) is 0.350. The van der Waals surface area contributed by atoms with E-state index >= 15 is 0 Å². The van der Waals surface area contributed by atoms with Crippen molar-refractivity contribution in [3.05, 3.63) is 39.5 Å². The maximum atomic E-state index is 9.17. The number of halogens is 1. The number of methoxy groups -OCH3 is 2. The lowest BCUT2D eigenvalue weighted by atomic mass is 10.2. The average Bonchev–Trinajstić information content (AvgIpc) is 2.65. The van der Waals surface area contributed by atoms with Gasteiger partial charge in [0.2, 0.25) is 0 Å². The SMILES string of the molecule is CCCCCOc1cc(C#N)ccc1Sc1cc(I)c(OC)c(OC)c1. The van der Waals surface area contributed by atoms with Crippen LogP contribution in [0.5, 0.6) is 17.2 Å². The number of hydrogen-bond acceptors (Lipinski definition) is 5. The molecule has 6 heteroatoms. The van der Waals surface area contributed by atoms with Gasteiger partial charge in [-0.25, -0.2) is 0 Å². The Morgan fingerprint density at radius 3 is 2.54 bits per heavy atom. The molecule has 0 saturated carbocycles. The molecule has 26 heavy (non-hydrogen) atoms. The standard InChI is InChI=1S/C20H22INO3S/c1-4-5-6-9-25-17-10-14(13-22)7-8-19(17)26-15-11-16(21)20(24-3)18(12-15)23-2/h7-8,10-12H,4-6,9H2,1-3H3. The van der Waals surface area contributed by atoms with E-state index in [1.54, 1.807) is 32.0 Å². The molecule has 0 N–H and O–H groups in total. The van der Waals surface area contributed by atoms with Crippen LogP contribution in [0, 0.1) is 14.9 Å². The summed E-state index contributed by atoms with van der Waals surface area (Å²) < 4.78 is 17.8. The number of benzene rings is 2. The van der Waals surface area contributed by atoms with Crippen molar-refractivity contribution in [2.24, 2.45) is 0 Å². The Balaban J connectivity index is 2.28. The number of hydrogen-bond donors (Lipinski definition) is 0. The Kier molecular flexibility index (Phi) is 8.39. The van der Waals surface area contributed by atoms with Crippen molar-refractivity contribution < 1.29 is 14.2 Å². The molecule has 0 bridgehead atoms. The number of ether oxygens (including phenoxy) is 3. The molecule has 0 fully saturated rings. The highest BCUT2D eigenvalue weighted by Crippen LogP contribution is 2.41. The molecule has 2 rings (SSSR count). The second kappa shape index (κ2) is 10.5. The van der Waals surface area contributed by atoms with Crippen molar-refractivity contribution in [1.29, 1.82) is 5.26 Å². The van der Waals surface area contributed by atoms with E-state index in [-0.39, 0.29) is 0 Å². The first-order valence-electron chi connectivity index (χ1n) is 8.39. The second-order valence-corrected chi connectivity index (χ2v) is 7.85. The van der Waals surface area contributed by atoms with Gasteiger partial charge in [-0.2, -0.15) is 5.26 Å². The molecule has 0 atom stereocenters. The van der Waals surface area contributed by atoms with E-state index in [1.165, 1.54) is 0 Å². The molecule has 0 aliphatic heterocycles. The van der Waals surface area contributed by atoms with E-state index in [1.807, 2.05) is 24.3 Å². The predicted octanol–water partition coefficient (Wildman–Crippen LogP) is 5.90. The van der Waals surface area contributed by atoms with Crippen molar-refractivity contribution in [3.63, 3.8) is 0 Å². The molecule has 0 aliphatic carbocycles. The first kappa shape index (κ1) is 20.7. The van der Waals surface area contributed by atoms with E-state index < -0.39 is 0 Å². The maximum Gasteiger partial charge on any atom is 0.174 e. The largest absolute Gasteiger partial charge is 0.493 e. The third kappa shape index (κ3) is 5.45. The first-order chi connectivity index (χ1) is 12.6. The van der Waals surface area contributed by atoms with Crippen LogP contribution in [-0.4, -0.2) is 20.8 Å². The van der Waals surface area contributed by atoms with Gasteiger partial charge in [-0.15, -0.1) is 0 Å². The van der Waals surface area contributed by atoms with E-state index in [4.69, 9.17) is 14.2 Å². The fourth-order valence-electron chi connectivity index (χ4n) is 2.39. The lowest BCUT2D eigenvalue weighted by molar-refractivity contribution is 0.299. The van der Waals surface area contributed by atoms with E-state index in [9.17, 15) is 5.26 Å². The summed E-state index contributed by atoms with van der Waals surface area (Å²) in [7, 11) is 3.27. The normalized spacial score (nSPS) is 10.3. The Hall–Kier alpha value is -1.59. The van der Waals surface area contributed by atoms with Gasteiger partial charge in [-0.3, -0.25) is 0 Å². The van der Waals surface area contributed by atoms with E-state index in [2.05, 4.69) is 35.6 Å². The first-order valence-corrected chi connectivity index (χ1v) is 10.3. The molecular weight excluding hydrogens is 461 g/mol. The summed E-state index contributed by atoms with van der Waals surface area (Å²) in [6.45, 7) is 2.82. The fourth-order valence-corrected chi connectivity index (χ4v) is 4.37. The highest BCUT2D eigenvalue weighted by atomic mass is 127. The van der Waals surface area contributed by atoms with E-state index in [0.29, 0.717) is 17.9 Å².